The van der Waals surface area contributed by atoms with Gasteiger partial charge >= 0.3 is 0 Å². The molecular formula is C31H36N6. The molecule has 6 nitrogen and oxygen atoms in total. The van der Waals surface area contributed by atoms with E-state index in [4.69, 9.17) is 9.97 Å². The van der Waals surface area contributed by atoms with E-state index in [0.717, 1.165) is 36.2 Å². The maximum Gasteiger partial charge on any atom is 0.121 e. The summed E-state index contributed by atoms with van der Waals surface area (Å²) in [5.41, 5.74) is 8.61. The number of para-hydroxylation sites is 2. The molecule has 4 aromatic rings. The molecule has 0 radical (unpaired) electrons. The van der Waals surface area contributed by atoms with E-state index in [9.17, 15) is 0 Å². The van der Waals surface area contributed by atoms with Crippen LogP contribution in [0.15, 0.2) is 60.8 Å². The summed E-state index contributed by atoms with van der Waals surface area (Å²) in [6.45, 7) is 3.11. The number of aromatic amines is 1. The molecule has 3 aliphatic carbocycles. The second-order valence-corrected chi connectivity index (χ2v) is 11.1. The van der Waals surface area contributed by atoms with Crippen LogP contribution in [0.4, 0.5) is 11.4 Å². The molecule has 0 saturated heterocycles. The number of anilines is 2. The van der Waals surface area contributed by atoms with E-state index in [1.165, 1.54) is 60.3 Å². The maximum absolute atomic E-state index is 4.97. The first-order valence-corrected chi connectivity index (χ1v) is 14.0. The Morgan fingerprint density at radius 2 is 1.81 bits per heavy atom. The lowest BCUT2D eigenvalue weighted by Gasteiger charge is -2.39. The monoisotopic (exact) mass is 492 g/mol. The minimum atomic E-state index is 0.197. The highest BCUT2D eigenvalue weighted by Gasteiger charge is 2.33. The molecule has 37 heavy (non-hydrogen) atoms. The minimum absolute atomic E-state index is 0.197. The molecule has 2 aromatic carbocycles. The molecule has 2 fully saturated rings. The van der Waals surface area contributed by atoms with E-state index < -0.39 is 0 Å². The van der Waals surface area contributed by atoms with Gasteiger partial charge in [-0.1, -0.05) is 24.3 Å². The molecule has 2 aromatic heterocycles. The molecule has 6 heteroatoms. The Bertz CT molecular complexity index is 1370. The van der Waals surface area contributed by atoms with E-state index >= 15 is 0 Å². The van der Waals surface area contributed by atoms with Crippen LogP contribution in [0, 0.1) is 0 Å². The number of hydrogen-bond donors (Lipinski definition) is 3. The van der Waals surface area contributed by atoms with Crippen molar-refractivity contribution in [3.05, 3.63) is 83.4 Å². The first-order chi connectivity index (χ1) is 18.2. The lowest BCUT2D eigenvalue weighted by atomic mass is 9.89. The van der Waals surface area contributed by atoms with Crippen molar-refractivity contribution in [3.8, 4) is 0 Å². The van der Waals surface area contributed by atoms with Gasteiger partial charge in [0.25, 0.3) is 0 Å². The number of nitrogens with zero attached hydrogens (tertiary/aromatic N) is 3. The van der Waals surface area contributed by atoms with E-state index in [1.807, 2.05) is 6.20 Å². The van der Waals surface area contributed by atoms with Crippen molar-refractivity contribution in [1.29, 1.82) is 0 Å². The summed E-state index contributed by atoms with van der Waals surface area (Å²) in [7, 11) is 0. The molecule has 0 spiro atoms. The molecule has 0 amide bonds. The van der Waals surface area contributed by atoms with Crippen molar-refractivity contribution < 1.29 is 0 Å². The average molecular weight is 493 g/mol. The second-order valence-electron chi connectivity index (χ2n) is 11.1. The first kappa shape index (κ1) is 22.8. The summed E-state index contributed by atoms with van der Waals surface area (Å²) in [5, 5.41) is 7.55. The van der Waals surface area contributed by atoms with Gasteiger partial charge in [-0.2, -0.15) is 0 Å². The van der Waals surface area contributed by atoms with Crippen molar-refractivity contribution in [2.75, 3.05) is 10.6 Å². The van der Waals surface area contributed by atoms with Gasteiger partial charge in [-0.25, -0.2) is 4.98 Å². The number of nitrogens with one attached hydrogen (secondary N) is 3. The van der Waals surface area contributed by atoms with Crippen molar-refractivity contribution >= 4 is 22.4 Å². The molecular weight excluding hydrogens is 456 g/mol. The first-order valence-electron chi connectivity index (χ1n) is 14.0. The van der Waals surface area contributed by atoms with Crippen LogP contribution >= 0.6 is 0 Å². The number of H-pyrrole nitrogens is 1. The highest BCUT2D eigenvalue weighted by Crippen LogP contribution is 2.42. The molecule has 2 heterocycles. The molecule has 2 atom stereocenters. The summed E-state index contributed by atoms with van der Waals surface area (Å²) in [4.78, 5) is 16.1. The van der Waals surface area contributed by atoms with Gasteiger partial charge in [-0.05, 0) is 93.3 Å². The SMILES string of the molecule is CC(c1ccc(NC2CC2)cc1NC1CC1)N(Cc1nc2ccccc2[nH]1)C1CCCc2cccnc21. The zero-order valence-corrected chi connectivity index (χ0v) is 21.6. The van der Waals surface area contributed by atoms with Crippen LogP contribution in [0.2, 0.25) is 0 Å². The average Bonchev–Trinajstić information content (AvgIpc) is 3.86. The third-order valence-corrected chi connectivity index (χ3v) is 8.22. The fraction of sp³-hybridized carbons (Fsp3) is 0.419. The summed E-state index contributed by atoms with van der Waals surface area (Å²) in [6, 6.07) is 21.3. The normalized spacial score (nSPS) is 20.1. The van der Waals surface area contributed by atoms with Crippen LogP contribution in [0.25, 0.3) is 11.0 Å². The van der Waals surface area contributed by atoms with Crippen molar-refractivity contribution in [2.45, 2.75) is 82.6 Å². The number of rotatable bonds is 9. The zero-order chi connectivity index (χ0) is 24.8. The van der Waals surface area contributed by atoms with Crippen LogP contribution in [0.5, 0.6) is 0 Å². The number of imidazole rings is 1. The Balaban J connectivity index is 1.27. The van der Waals surface area contributed by atoms with E-state index in [1.54, 1.807) is 0 Å². The summed E-state index contributed by atoms with van der Waals surface area (Å²) in [6.07, 6.45) is 10.5. The van der Waals surface area contributed by atoms with Gasteiger partial charge < -0.3 is 15.6 Å². The fourth-order valence-corrected chi connectivity index (χ4v) is 5.90. The summed E-state index contributed by atoms with van der Waals surface area (Å²) in [5.74, 6) is 1.01. The number of aromatic nitrogens is 3. The molecule has 3 N–H and O–H groups in total. The number of benzene rings is 2. The second kappa shape index (κ2) is 9.49. The molecule has 3 aliphatic rings. The number of hydrogen-bond acceptors (Lipinski definition) is 5. The van der Waals surface area contributed by atoms with Gasteiger partial charge in [-0.15, -0.1) is 0 Å². The Labute approximate surface area is 218 Å². The van der Waals surface area contributed by atoms with Gasteiger partial charge in [0.2, 0.25) is 0 Å². The lowest BCUT2D eigenvalue weighted by Crippen LogP contribution is -2.34. The maximum atomic E-state index is 4.97. The molecule has 2 unspecified atom stereocenters. The van der Waals surface area contributed by atoms with Gasteiger partial charge in [0.1, 0.15) is 5.82 Å². The number of fused-ring (bicyclic) bond motifs is 2. The summed E-state index contributed by atoms with van der Waals surface area (Å²) >= 11 is 0. The Morgan fingerprint density at radius 3 is 2.65 bits per heavy atom. The third kappa shape index (κ3) is 4.82. The van der Waals surface area contributed by atoms with Crippen molar-refractivity contribution in [3.63, 3.8) is 0 Å². The summed E-state index contributed by atoms with van der Waals surface area (Å²) < 4.78 is 0. The van der Waals surface area contributed by atoms with Gasteiger partial charge in [0, 0.05) is 35.7 Å². The molecule has 0 bridgehead atoms. The number of aryl methyl sites for hydroxylation is 1. The van der Waals surface area contributed by atoms with Crippen LogP contribution in [-0.2, 0) is 13.0 Å². The van der Waals surface area contributed by atoms with E-state index in [-0.39, 0.29) is 12.1 Å². The topological polar surface area (TPSA) is 68.9 Å². The Hall–Kier alpha value is -3.38. The molecule has 7 rings (SSSR count). The quantitative estimate of drug-likeness (QED) is 0.241. The third-order valence-electron chi connectivity index (χ3n) is 8.22. The van der Waals surface area contributed by atoms with Gasteiger partial charge in [-0.3, -0.25) is 9.88 Å². The fourth-order valence-electron chi connectivity index (χ4n) is 5.90. The van der Waals surface area contributed by atoms with Crippen LogP contribution in [-0.4, -0.2) is 31.9 Å². The van der Waals surface area contributed by atoms with Crippen molar-refractivity contribution in [2.24, 2.45) is 0 Å². The van der Waals surface area contributed by atoms with Crippen molar-refractivity contribution in [1.82, 2.24) is 19.9 Å². The largest absolute Gasteiger partial charge is 0.382 e. The highest BCUT2D eigenvalue weighted by atomic mass is 15.2. The highest BCUT2D eigenvalue weighted by molar-refractivity contribution is 5.74. The Morgan fingerprint density at radius 1 is 0.973 bits per heavy atom. The lowest BCUT2D eigenvalue weighted by molar-refractivity contribution is 0.113. The van der Waals surface area contributed by atoms with E-state index in [0.29, 0.717) is 12.1 Å². The zero-order valence-electron chi connectivity index (χ0n) is 21.6. The van der Waals surface area contributed by atoms with Crippen LogP contribution in [0.1, 0.15) is 80.2 Å². The standard InChI is InChI=1S/C31H36N6/c1-20(25-16-15-24(33-22-11-12-22)18-28(25)34-23-13-14-23)37(19-30-35-26-8-2-3-9-27(26)36-30)29-10-4-6-21-7-5-17-32-31(21)29/h2-3,5,7-9,15-18,20,22-23,29,33-34H,4,6,10-14,19H2,1H3,(H,35,36). The van der Waals surface area contributed by atoms with Gasteiger partial charge in [0.05, 0.1) is 29.3 Å². The van der Waals surface area contributed by atoms with Crippen LogP contribution < -0.4 is 10.6 Å². The predicted octanol–water partition coefficient (Wildman–Crippen LogP) is 6.75. The number of pyridine rings is 1. The predicted molar refractivity (Wildman–Crippen MR) is 150 cm³/mol. The molecule has 2 saturated carbocycles. The van der Waals surface area contributed by atoms with E-state index in [2.05, 4.69) is 82.0 Å². The molecule has 190 valence electrons. The van der Waals surface area contributed by atoms with Crippen LogP contribution in [0.3, 0.4) is 0 Å². The Kier molecular flexibility index (Phi) is 5.85. The smallest absolute Gasteiger partial charge is 0.121 e. The molecule has 0 aliphatic heterocycles. The minimum Gasteiger partial charge on any atom is -0.382 e. The van der Waals surface area contributed by atoms with Gasteiger partial charge in [0.15, 0.2) is 0 Å².